The molecule has 0 saturated carbocycles. The van der Waals surface area contributed by atoms with Crippen LogP contribution in [0.1, 0.15) is 27.6 Å². The Kier molecular flexibility index (Phi) is 8.43. The second-order valence-corrected chi connectivity index (χ2v) is 7.41. The van der Waals surface area contributed by atoms with Gasteiger partial charge in [0.25, 0.3) is 11.8 Å². The largest absolute Gasteiger partial charge is 0.490 e. The minimum absolute atomic E-state index is 0.0976. The van der Waals surface area contributed by atoms with Gasteiger partial charge < -0.3 is 20.1 Å². The molecule has 0 fully saturated rings. The van der Waals surface area contributed by atoms with E-state index in [-0.39, 0.29) is 37.2 Å². The highest BCUT2D eigenvalue weighted by molar-refractivity contribution is 6.32. The van der Waals surface area contributed by atoms with E-state index in [1.807, 2.05) is 6.07 Å². The molecule has 33 heavy (non-hydrogen) atoms. The number of amides is 2. The number of hydrogen-bond acceptors (Lipinski definition) is 5. The molecule has 3 aromatic carbocycles. The van der Waals surface area contributed by atoms with Gasteiger partial charge >= 0.3 is 0 Å². The molecule has 0 aromatic heterocycles. The minimum atomic E-state index is -0.418. The number of anilines is 1. The van der Waals surface area contributed by atoms with Crippen LogP contribution in [0.25, 0.3) is 0 Å². The van der Waals surface area contributed by atoms with Gasteiger partial charge in [0.2, 0.25) is 0 Å². The van der Waals surface area contributed by atoms with E-state index in [4.69, 9.17) is 21.1 Å². The van der Waals surface area contributed by atoms with Gasteiger partial charge in [0, 0.05) is 11.3 Å². The van der Waals surface area contributed by atoms with Gasteiger partial charge in [0.15, 0.2) is 12.4 Å². The zero-order valence-corrected chi connectivity index (χ0v) is 18.7. The summed E-state index contributed by atoms with van der Waals surface area (Å²) in [6.45, 7) is 1.64. The molecule has 3 aromatic rings. The summed E-state index contributed by atoms with van der Waals surface area (Å²) in [7, 11) is 0. The third-order valence-corrected chi connectivity index (χ3v) is 4.84. The van der Waals surface area contributed by atoms with Crippen molar-refractivity contribution in [3.63, 3.8) is 0 Å². The van der Waals surface area contributed by atoms with Crippen LogP contribution < -0.4 is 20.1 Å². The van der Waals surface area contributed by atoms with Gasteiger partial charge in [-0.2, -0.15) is 0 Å². The van der Waals surface area contributed by atoms with Crippen LogP contribution in [0.5, 0.6) is 11.5 Å². The summed E-state index contributed by atoms with van der Waals surface area (Å²) in [5.41, 5.74) is 1.27. The van der Waals surface area contributed by atoms with E-state index >= 15 is 0 Å². The molecule has 8 heteroatoms. The molecule has 170 valence electrons. The number of carbonyl (C=O) groups is 3. The number of nitrogens with one attached hydrogen (secondary N) is 2. The molecule has 0 radical (unpaired) electrons. The molecule has 0 unspecified atom stereocenters. The van der Waals surface area contributed by atoms with E-state index in [0.717, 1.165) is 0 Å². The van der Waals surface area contributed by atoms with Crippen LogP contribution in [-0.2, 0) is 4.79 Å². The molecule has 0 atom stereocenters. The molecule has 0 aliphatic carbocycles. The van der Waals surface area contributed by atoms with Crippen LogP contribution in [-0.4, -0.2) is 37.4 Å². The summed E-state index contributed by atoms with van der Waals surface area (Å²) >= 11 is 6.04. The number of ether oxygens (including phenoxy) is 2. The minimum Gasteiger partial charge on any atom is -0.490 e. The second-order valence-electron chi connectivity index (χ2n) is 7.00. The number of ketones is 1. The van der Waals surface area contributed by atoms with Gasteiger partial charge in [-0.3, -0.25) is 14.4 Å². The van der Waals surface area contributed by atoms with Crippen molar-refractivity contribution in [3.8, 4) is 11.5 Å². The Labute approximate surface area is 196 Å². The van der Waals surface area contributed by atoms with Crippen LogP contribution in [0.4, 0.5) is 5.69 Å². The quantitative estimate of drug-likeness (QED) is 0.342. The highest BCUT2D eigenvalue weighted by Crippen LogP contribution is 2.23. The van der Waals surface area contributed by atoms with E-state index < -0.39 is 5.91 Å². The molecule has 0 bridgehead atoms. The Balaban J connectivity index is 1.51. The lowest BCUT2D eigenvalue weighted by molar-refractivity contribution is -0.118. The molecule has 2 amide bonds. The fourth-order valence-corrected chi connectivity index (χ4v) is 3.11. The first-order chi connectivity index (χ1) is 15.9. The van der Waals surface area contributed by atoms with Crippen molar-refractivity contribution < 1.29 is 23.9 Å². The molecule has 0 aliphatic rings. The summed E-state index contributed by atoms with van der Waals surface area (Å²) in [4.78, 5) is 36.3. The van der Waals surface area contributed by atoms with E-state index in [2.05, 4.69) is 10.6 Å². The number of hydrogen-bond donors (Lipinski definition) is 2. The summed E-state index contributed by atoms with van der Waals surface area (Å²) in [5, 5.41) is 5.92. The van der Waals surface area contributed by atoms with Crippen LogP contribution in [0, 0.1) is 0 Å². The van der Waals surface area contributed by atoms with Crippen molar-refractivity contribution in [1.82, 2.24) is 5.32 Å². The van der Waals surface area contributed by atoms with Crippen molar-refractivity contribution in [2.75, 3.05) is 25.1 Å². The Morgan fingerprint density at radius 2 is 1.61 bits per heavy atom. The number of carbonyl (C=O) groups excluding carboxylic acids is 3. The topological polar surface area (TPSA) is 93.7 Å². The Morgan fingerprint density at radius 3 is 2.36 bits per heavy atom. The Bertz CT molecular complexity index is 1150. The lowest BCUT2D eigenvalue weighted by Gasteiger charge is -2.13. The SMILES string of the molecule is CC(=O)c1cccc(NC(=O)COc2ccccc2C(=O)NCCOc2ccccc2Cl)c1. The molecule has 2 N–H and O–H groups in total. The molecule has 0 heterocycles. The average molecular weight is 467 g/mol. The van der Waals surface area contributed by atoms with E-state index in [0.29, 0.717) is 27.6 Å². The van der Waals surface area contributed by atoms with Crippen LogP contribution >= 0.6 is 11.6 Å². The molecular formula is C25H23ClN2O5. The third kappa shape index (κ3) is 7.08. The second kappa shape index (κ2) is 11.7. The van der Waals surface area contributed by atoms with Crippen LogP contribution in [0.3, 0.4) is 0 Å². The van der Waals surface area contributed by atoms with Gasteiger partial charge in [0.05, 0.1) is 17.1 Å². The highest BCUT2D eigenvalue weighted by atomic mass is 35.5. The van der Waals surface area contributed by atoms with E-state index in [1.165, 1.54) is 6.92 Å². The Morgan fingerprint density at radius 1 is 0.879 bits per heavy atom. The van der Waals surface area contributed by atoms with E-state index in [1.54, 1.807) is 66.7 Å². The number of Topliss-reactive ketones (excluding diaryl/α,β-unsaturated/α-hetero) is 1. The van der Waals surface area contributed by atoms with Crippen molar-refractivity contribution in [2.45, 2.75) is 6.92 Å². The maximum Gasteiger partial charge on any atom is 0.262 e. The molecule has 3 rings (SSSR count). The van der Waals surface area contributed by atoms with Crippen LogP contribution in [0.2, 0.25) is 5.02 Å². The molecule has 0 spiro atoms. The van der Waals surface area contributed by atoms with Gasteiger partial charge in [0.1, 0.15) is 18.1 Å². The number of rotatable bonds is 10. The van der Waals surface area contributed by atoms with Gasteiger partial charge in [-0.05, 0) is 43.3 Å². The van der Waals surface area contributed by atoms with Gasteiger partial charge in [-0.1, -0.05) is 48.0 Å². The number of halogens is 1. The standard InChI is InChI=1S/C25H23ClN2O5/c1-17(29)18-7-6-8-19(15-18)28-24(30)16-33-22-11-4-2-9-20(22)25(31)27-13-14-32-23-12-5-3-10-21(23)26/h2-12,15H,13-14,16H2,1H3,(H,27,31)(H,28,30). The molecule has 0 saturated heterocycles. The monoisotopic (exact) mass is 466 g/mol. The van der Waals surface area contributed by atoms with Gasteiger partial charge in [-0.25, -0.2) is 0 Å². The maximum absolute atomic E-state index is 12.6. The Hall–Kier alpha value is -3.84. The number of benzene rings is 3. The number of para-hydroxylation sites is 2. The van der Waals surface area contributed by atoms with Gasteiger partial charge in [-0.15, -0.1) is 0 Å². The van der Waals surface area contributed by atoms with Crippen LogP contribution in [0.15, 0.2) is 72.8 Å². The summed E-state index contributed by atoms with van der Waals surface area (Å²) in [6, 6.07) is 20.3. The van der Waals surface area contributed by atoms with Crippen molar-refractivity contribution in [3.05, 3.63) is 88.9 Å². The zero-order chi connectivity index (χ0) is 23.6. The fraction of sp³-hybridized carbons (Fsp3) is 0.160. The smallest absolute Gasteiger partial charge is 0.262 e. The van der Waals surface area contributed by atoms with Crippen molar-refractivity contribution in [2.24, 2.45) is 0 Å². The summed E-state index contributed by atoms with van der Waals surface area (Å²) < 4.78 is 11.1. The summed E-state index contributed by atoms with van der Waals surface area (Å²) in [6.07, 6.45) is 0. The van der Waals surface area contributed by atoms with E-state index in [9.17, 15) is 14.4 Å². The predicted octanol–water partition coefficient (Wildman–Crippen LogP) is 4.37. The molecule has 7 nitrogen and oxygen atoms in total. The molecule has 0 aliphatic heterocycles. The maximum atomic E-state index is 12.6. The lowest BCUT2D eigenvalue weighted by atomic mass is 10.1. The first-order valence-corrected chi connectivity index (χ1v) is 10.6. The first kappa shape index (κ1) is 23.8. The fourth-order valence-electron chi connectivity index (χ4n) is 2.92. The first-order valence-electron chi connectivity index (χ1n) is 10.2. The lowest BCUT2D eigenvalue weighted by Crippen LogP contribution is -2.29. The van der Waals surface area contributed by atoms with Crippen molar-refractivity contribution >= 4 is 34.9 Å². The zero-order valence-electron chi connectivity index (χ0n) is 18.0. The molecular weight excluding hydrogens is 444 g/mol. The normalized spacial score (nSPS) is 10.2. The average Bonchev–Trinajstić information content (AvgIpc) is 2.81. The van der Waals surface area contributed by atoms with Crippen molar-refractivity contribution in [1.29, 1.82) is 0 Å². The predicted molar refractivity (Wildman–Crippen MR) is 126 cm³/mol. The third-order valence-electron chi connectivity index (χ3n) is 4.53. The highest BCUT2D eigenvalue weighted by Gasteiger charge is 2.13. The summed E-state index contributed by atoms with van der Waals surface area (Å²) in [5.74, 6) is -0.0619.